The minimum Gasteiger partial charge on any atom is -0.371 e. The molecule has 2 N–H and O–H groups in total. The first-order chi connectivity index (χ1) is 19.4. The van der Waals surface area contributed by atoms with E-state index in [2.05, 4.69) is 44.8 Å². The van der Waals surface area contributed by atoms with Crippen molar-refractivity contribution in [2.45, 2.75) is 45.4 Å². The van der Waals surface area contributed by atoms with Crippen molar-refractivity contribution in [1.29, 1.82) is 0 Å². The van der Waals surface area contributed by atoms with Crippen LogP contribution in [0.2, 0.25) is 0 Å². The van der Waals surface area contributed by atoms with E-state index in [-0.39, 0.29) is 16.4 Å². The first-order valence-corrected chi connectivity index (χ1v) is 13.9. The summed E-state index contributed by atoms with van der Waals surface area (Å²) in [6.45, 7) is 3.77. The van der Waals surface area contributed by atoms with Crippen LogP contribution in [0.4, 0.5) is 17.1 Å². The van der Waals surface area contributed by atoms with Crippen molar-refractivity contribution in [1.82, 2.24) is 20.3 Å². The van der Waals surface area contributed by atoms with Gasteiger partial charge in [-0.15, -0.1) is 10.2 Å². The Bertz CT molecular complexity index is 1550. The number of piperidine rings is 1. The summed E-state index contributed by atoms with van der Waals surface area (Å²) < 4.78 is 0. The number of aromatic nitrogens is 3. The van der Waals surface area contributed by atoms with Crippen molar-refractivity contribution in [2.24, 2.45) is 0 Å². The molecule has 1 saturated heterocycles. The molecule has 3 aromatic carbocycles. The molecule has 2 heterocycles. The third-order valence-electron chi connectivity index (χ3n) is 6.98. The molecule has 1 aliphatic rings. The zero-order valence-corrected chi connectivity index (χ0v) is 23.1. The van der Waals surface area contributed by atoms with Gasteiger partial charge >= 0.3 is 0 Å². The summed E-state index contributed by atoms with van der Waals surface area (Å²) in [7, 11) is 0. The fourth-order valence-electron chi connectivity index (χ4n) is 4.85. The third-order valence-corrected chi connectivity index (χ3v) is 7.19. The fraction of sp³-hybridized carbons (Fsp3) is 0.310. The number of thiocarbonyl (C=S) groups is 1. The van der Waals surface area contributed by atoms with E-state index >= 15 is 0 Å². The number of nitrogens with zero attached hydrogens (tertiary/aromatic N) is 5. The average molecular weight is 558 g/mol. The number of hydrogen-bond donors (Lipinski definition) is 2. The number of carbonyl (C=O) groups is 1. The van der Waals surface area contributed by atoms with Crippen LogP contribution in [0, 0.1) is 10.1 Å². The monoisotopic (exact) mass is 557 g/mol. The average Bonchev–Trinajstić information content (AvgIpc) is 3.40. The summed E-state index contributed by atoms with van der Waals surface area (Å²) in [5.41, 5.74) is 4.93. The molecule has 10 nitrogen and oxygen atoms in total. The summed E-state index contributed by atoms with van der Waals surface area (Å²) in [6, 6.07) is 18.1. The number of aryl methyl sites for hydroxylation is 1. The van der Waals surface area contributed by atoms with Crippen LogP contribution in [0.1, 0.15) is 54.9 Å². The molecular weight excluding hydrogens is 526 g/mol. The number of amides is 1. The second-order valence-corrected chi connectivity index (χ2v) is 10.3. The maximum atomic E-state index is 13.2. The molecule has 0 unspecified atom stereocenters. The molecule has 11 heteroatoms. The lowest BCUT2D eigenvalue weighted by molar-refractivity contribution is -0.384. The second-order valence-electron chi connectivity index (χ2n) is 9.88. The van der Waals surface area contributed by atoms with Gasteiger partial charge in [-0.25, -0.2) is 0 Å². The zero-order chi connectivity index (χ0) is 28.1. The van der Waals surface area contributed by atoms with Gasteiger partial charge in [0.05, 0.1) is 21.9 Å². The van der Waals surface area contributed by atoms with Gasteiger partial charge in [-0.3, -0.25) is 20.2 Å². The van der Waals surface area contributed by atoms with Gasteiger partial charge in [0.2, 0.25) is 0 Å². The van der Waals surface area contributed by atoms with Gasteiger partial charge in [0.25, 0.3) is 11.6 Å². The molecule has 5 rings (SSSR count). The molecule has 1 aliphatic heterocycles. The highest BCUT2D eigenvalue weighted by Gasteiger charge is 2.22. The molecule has 0 bridgehead atoms. The first kappa shape index (κ1) is 27.2. The van der Waals surface area contributed by atoms with Crippen LogP contribution in [0.3, 0.4) is 0 Å². The van der Waals surface area contributed by atoms with Crippen LogP contribution < -0.4 is 15.5 Å². The first-order valence-electron chi connectivity index (χ1n) is 13.5. The van der Waals surface area contributed by atoms with E-state index in [1.165, 1.54) is 17.7 Å². The summed E-state index contributed by atoms with van der Waals surface area (Å²) in [6.07, 6.45) is 6.52. The van der Waals surface area contributed by atoms with Crippen molar-refractivity contribution in [3.63, 3.8) is 0 Å². The molecule has 0 saturated carbocycles. The molecule has 0 spiro atoms. The van der Waals surface area contributed by atoms with Crippen molar-refractivity contribution < 1.29 is 9.72 Å². The number of nitro groups is 1. The molecule has 4 aromatic rings. The minimum absolute atomic E-state index is 0.0792. The molecule has 1 amide bonds. The van der Waals surface area contributed by atoms with Gasteiger partial charge in [0.15, 0.2) is 5.11 Å². The lowest BCUT2D eigenvalue weighted by Crippen LogP contribution is -2.36. The van der Waals surface area contributed by atoms with E-state index in [1.807, 2.05) is 18.2 Å². The quantitative estimate of drug-likeness (QED) is 0.159. The molecule has 0 aliphatic carbocycles. The number of non-ortho nitro benzene ring substituents is 1. The second kappa shape index (κ2) is 12.2. The Morgan fingerprint density at radius 2 is 1.75 bits per heavy atom. The molecular formula is C29H31N7O3S. The van der Waals surface area contributed by atoms with Crippen molar-refractivity contribution >= 4 is 51.3 Å². The highest BCUT2D eigenvalue weighted by atomic mass is 32.1. The van der Waals surface area contributed by atoms with Gasteiger partial charge in [-0.2, -0.15) is 4.80 Å². The number of nitrogens with one attached hydrogen (secondary N) is 2. The zero-order valence-electron chi connectivity index (χ0n) is 22.3. The van der Waals surface area contributed by atoms with Crippen LogP contribution in [0.25, 0.3) is 16.7 Å². The Morgan fingerprint density at radius 3 is 2.48 bits per heavy atom. The number of fused-ring (bicyclic) bond motifs is 1. The SMILES string of the molecule is CCCCc1ccc(-n2nc3ccc(NC(=S)NC(=O)c4cc([N+](=O)[O-])ccc4N4CCCCC4)cc3n2)cc1. The fourth-order valence-corrected chi connectivity index (χ4v) is 5.06. The Hall–Kier alpha value is -4.38. The van der Waals surface area contributed by atoms with Gasteiger partial charge in [-0.1, -0.05) is 25.5 Å². The Morgan fingerprint density at radius 1 is 1.00 bits per heavy atom. The van der Waals surface area contributed by atoms with E-state index in [1.54, 1.807) is 23.0 Å². The van der Waals surface area contributed by atoms with E-state index in [4.69, 9.17) is 12.2 Å². The predicted molar refractivity (Wildman–Crippen MR) is 160 cm³/mol. The molecule has 0 radical (unpaired) electrons. The maximum absolute atomic E-state index is 13.2. The molecule has 1 aromatic heterocycles. The normalized spacial score (nSPS) is 13.3. The summed E-state index contributed by atoms with van der Waals surface area (Å²) in [5.74, 6) is -0.504. The standard InChI is InChI=1S/C29H31N7O3S/c1-2-3-7-20-8-11-22(12-9-20)35-32-25-14-10-21(18-26(25)33-35)30-29(40)31-28(37)24-19-23(36(38)39)13-15-27(24)34-16-5-4-6-17-34/h8-15,18-19H,2-7,16-17H2,1H3,(H2,30,31,37,40). The van der Waals surface area contributed by atoms with Gasteiger partial charge in [0.1, 0.15) is 11.0 Å². The van der Waals surface area contributed by atoms with Gasteiger partial charge < -0.3 is 10.2 Å². The van der Waals surface area contributed by atoms with Crippen molar-refractivity contribution in [3.8, 4) is 5.69 Å². The predicted octanol–water partition coefficient (Wildman–Crippen LogP) is 5.79. The smallest absolute Gasteiger partial charge is 0.270 e. The van der Waals surface area contributed by atoms with Crippen LogP contribution >= 0.6 is 12.2 Å². The van der Waals surface area contributed by atoms with E-state index in [0.717, 1.165) is 62.8 Å². The van der Waals surface area contributed by atoms with Crippen LogP contribution in [0.5, 0.6) is 0 Å². The van der Waals surface area contributed by atoms with Gasteiger partial charge in [0, 0.05) is 30.9 Å². The van der Waals surface area contributed by atoms with Crippen molar-refractivity contribution in [3.05, 3.63) is 81.9 Å². The number of benzene rings is 3. The maximum Gasteiger partial charge on any atom is 0.270 e. The van der Waals surface area contributed by atoms with E-state index in [0.29, 0.717) is 16.9 Å². The highest BCUT2D eigenvalue weighted by Crippen LogP contribution is 2.28. The Labute approximate surface area is 237 Å². The van der Waals surface area contributed by atoms with Crippen molar-refractivity contribution in [2.75, 3.05) is 23.3 Å². The van der Waals surface area contributed by atoms with E-state index < -0.39 is 10.8 Å². The lowest BCUT2D eigenvalue weighted by atomic mass is 10.1. The number of nitro benzene ring substituents is 1. The van der Waals surface area contributed by atoms with Gasteiger partial charge in [-0.05, 0) is 86.3 Å². The van der Waals surface area contributed by atoms with Crippen LogP contribution in [-0.4, -0.2) is 44.0 Å². The number of rotatable bonds is 8. The number of carbonyl (C=O) groups excluding carboxylic acids is 1. The summed E-state index contributed by atoms with van der Waals surface area (Å²) >= 11 is 5.41. The van der Waals surface area contributed by atoms with E-state index in [9.17, 15) is 14.9 Å². The minimum atomic E-state index is -0.504. The largest absolute Gasteiger partial charge is 0.371 e. The molecule has 206 valence electrons. The highest BCUT2D eigenvalue weighted by molar-refractivity contribution is 7.80. The molecule has 0 atom stereocenters. The number of unbranched alkanes of at least 4 members (excludes halogenated alkanes) is 1. The Balaban J connectivity index is 1.29. The topological polar surface area (TPSA) is 118 Å². The van der Waals surface area contributed by atoms with Crippen LogP contribution in [-0.2, 0) is 6.42 Å². The molecule has 1 fully saturated rings. The number of hydrogen-bond acceptors (Lipinski definition) is 7. The number of anilines is 2. The van der Waals surface area contributed by atoms with Crippen LogP contribution in [0.15, 0.2) is 60.7 Å². The third kappa shape index (κ3) is 6.26. The lowest BCUT2D eigenvalue weighted by Gasteiger charge is -2.30. The Kier molecular flexibility index (Phi) is 8.30. The summed E-state index contributed by atoms with van der Waals surface area (Å²) in [4.78, 5) is 27.8. The summed E-state index contributed by atoms with van der Waals surface area (Å²) in [5, 5.41) is 26.4. The molecule has 40 heavy (non-hydrogen) atoms.